The van der Waals surface area contributed by atoms with Crippen molar-refractivity contribution in [2.24, 2.45) is 5.92 Å². The van der Waals surface area contributed by atoms with Crippen LogP contribution in [0.25, 0.3) is 0 Å². The maximum absolute atomic E-state index is 11.8. The summed E-state index contributed by atoms with van der Waals surface area (Å²) in [5.41, 5.74) is 0.823. The molecule has 0 spiro atoms. The third kappa shape index (κ3) is 5.27. The van der Waals surface area contributed by atoms with Gasteiger partial charge in [-0.2, -0.15) is 0 Å². The molecule has 1 aliphatic rings. The lowest BCUT2D eigenvalue weighted by Gasteiger charge is -2.37. The molecule has 3 atom stereocenters. The molecule has 0 saturated carbocycles. The van der Waals surface area contributed by atoms with Crippen LogP contribution >= 0.6 is 0 Å². The number of hydrogen-bond acceptors (Lipinski definition) is 5. The second kappa shape index (κ2) is 7.61. The lowest BCUT2D eigenvalue weighted by molar-refractivity contribution is 0.0576. The molecule has 1 heterocycles. The van der Waals surface area contributed by atoms with Crippen molar-refractivity contribution in [2.75, 3.05) is 38.7 Å². The summed E-state index contributed by atoms with van der Waals surface area (Å²) in [6.07, 6.45) is 1.08. The smallest absolute Gasteiger partial charge is 0.150 e. The van der Waals surface area contributed by atoms with E-state index in [1.165, 1.54) is 0 Å². The van der Waals surface area contributed by atoms with E-state index in [1.54, 1.807) is 0 Å². The van der Waals surface area contributed by atoms with Gasteiger partial charge in [-0.25, -0.2) is 8.42 Å². The van der Waals surface area contributed by atoms with Crippen molar-refractivity contribution in [1.29, 1.82) is 0 Å². The van der Waals surface area contributed by atoms with Crippen LogP contribution in [0, 0.1) is 5.92 Å². The summed E-state index contributed by atoms with van der Waals surface area (Å²) in [4.78, 5) is 4.00. The average Bonchev–Trinajstić information content (AvgIpc) is 2.43. The number of likely N-dealkylation sites (N-methyl/N-ethyl adjacent to an activating group) is 2. The number of rotatable bonds is 7. The maximum Gasteiger partial charge on any atom is 0.150 e. The fourth-order valence-corrected chi connectivity index (χ4v) is 4.44. The minimum absolute atomic E-state index is 0.0210. The highest BCUT2D eigenvalue weighted by Crippen LogP contribution is 2.27. The van der Waals surface area contributed by atoms with E-state index in [0.29, 0.717) is 18.7 Å². The third-order valence-corrected chi connectivity index (χ3v) is 6.41. The molecule has 1 fully saturated rings. The van der Waals surface area contributed by atoms with Gasteiger partial charge in [-0.15, -0.1) is 0 Å². The zero-order valence-electron chi connectivity index (χ0n) is 13.7. The number of allylic oxidation sites excluding steroid dienone is 1. The highest BCUT2D eigenvalue weighted by molar-refractivity contribution is 7.91. The molecule has 0 aliphatic carbocycles. The van der Waals surface area contributed by atoms with Crippen molar-refractivity contribution in [1.82, 2.24) is 9.80 Å². The van der Waals surface area contributed by atoms with Crippen LogP contribution in [0.3, 0.4) is 0 Å². The number of aliphatic hydroxyl groups excluding tert-OH is 1. The molecule has 0 aromatic heterocycles. The first-order valence-corrected chi connectivity index (χ1v) is 9.48. The van der Waals surface area contributed by atoms with Gasteiger partial charge >= 0.3 is 0 Å². The molecule has 1 saturated heterocycles. The van der Waals surface area contributed by atoms with Crippen LogP contribution in [-0.4, -0.2) is 74.2 Å². The molecule has 6 heteroatoms. The molecule has 0 bridgehead atoms. The zero-order chi connectivity index (χ0) is 16.2. The predicted octanol–water partition coefficient (Wildman–Crippen LogP) is 0.958. The number of aliphatic hydroxyl groups is 1. The summed E-state index contributed by atoms with van der Waals surface area (Å²) >= 11 is 0. The average molecular weight is 318 g/mol. The molecule has 0 amide bonds. The Labute approximate surface area is 129 Å². The molecule has 0 radical (unpaired) electrons. The summed E-state index contributed by atoms with van der Waals surface area (Å²) in [6.45, 7) is 9.57. The highest BCUT2D eigenvalue weighted by atomic mass is 32.2. The van der Waals surface area contributed by atoms with Gasteiger partial charge in [0, 0.05) is 25.2 Å². The van der Waals surface area contributed by atoms with Crippen molar-refractivity contribution in [3.63, 3.8) is 0 Å². The summed E-state index contributed by atoms with van der Waals surface area (Å²) < 4.78 is 23.5. The van der Waals surface area contributed by atoms with E-state index in [-0.39, 0.29) is 17.7 Å². The number of sulfone groups is 1. The molecular weight excluding hydrogens is 288 g/mol. The normalized spacial score (nSPS) is 24.6. The minimum Gasteiger partial charge on any atom is -0.390 e. The fraction of sp³-hybridized carbons (Fsp3) is 0.867. The predicted molar refractivity (Wildman–Crippen MR) is 86.9 cm³/mol. The quantitative estimate of drug-likeness (QED) is 0.757. The lowest BCUT2D eigenvalue weighted by Crippen LogP contribution is -2.45. The Balaban J connectivity index is 2.64. The fourth-order valence-electron chi connectivity index (χ4n) is 2.69. The summed E-state index contributed by atoms with van der Waals surface area (Å²) in [6, 6.07) is -0.0869. The van der Waals surface area contributed by atoms with E-state index in [9.17, 15) is 13.5 Å². The first-order chi connectivity index (χ1) is 9.68. The number of nitrogens with zero attached hydrogens (tertiary/aromatic N) is 2. The molecule has 1 N–H and O–H groups in total. The molecule has 0 aromatic rings. The van der Waals surface area contributed by atoms with Gasteiger partial charge < -0.3 is 14.9 Å². The summed E-state index contributed by atoms with van der Waals surface area (Å²) in [7, 11) is 0.925. The van der Waals surface area contributed by atoms with Gasteiger partial charge in [0.2, 0.25) is 0 Å². The topological polar surface area (TPSA) is 60.9 Å². The van der Waals surface area contributed by atoms with Crippen LogP contribution in [0.4, 0.5) is 0 Å². The van der Waals surface area contributed by atoms with Gasteiger partial charge in [0.1, 0.15) is 0 Å². The van der Waals surface area contributed by atoms with E-state index in [2.05, 4.69) is 11.5 Å². The van der Waals surface area contributed by atoms with Crippen LogP contribution < -0.4 is 0 Å². The van der Waals surface area contributed by atoms with Gasteiger partial charge in [-0.1, -0.05) is 13.5 Å². The largest absolute Gasteiger partial charge is 0.390 e. The Morgan fingerprint density at radius 2 is 2.05 bits per heavy atom. The molecule has 21 heavy (non-hydrogen) atoms. The van der Waals surface area contributed by atoms with Gasteiger partial charge in [-0.3, -0.25) is 0 Å². The van der Waals surface area contributed by atoms with Gasteiger partial charge in [-0.05, 0) is 33.4 Å². The summed E-state index contributed by atoms with van der Waals surface area (Å²) in [5.74, 6) is 0.459. The minimum atomic E-state index is -2.94. The second-order valence-corrected chi connectivity index (χ2v) is 8.45. The lowest BCUT2D eigenvalue weighted by atomic mass is 9.99. The van der Waals surface area contributed by atoms with Crippen molar-refractivity contribution < 1.29 is 13.5 Å². The van der Waals surface area contributed by atoms with Crippen molar-refractivity contribution in [3.05, 3.63) is 12.3 Å². The second-order valence-electron chi connectivity index (χ2n) is 6.22. The Kier molecular flexibility index (Phi) is 6.69. The van der Waals surface area contributed by atoms with Gasteiger partial charge in [0.15, 0.2) is 9.84 Å². The number of hydrogen-bond donors (Lipinski definition) is 1. The Morgan fingerprint density at radius 1 is 1.43 bits per heavy atom. The van der Waals surface area contributed by atoms with Crippen molar-refractivity contribution >= 4 is 9.84 Å². The molecular formula is C15H30N2O3S. The molecule has 1 rings (SSSR count). The Hall–Kier alpha value is -0.590. The standard InChI is InChI=1S/C15H30N2O3S/c1-6-16(4)10-15(18)13(3)17(5)12(2)14-8-7-9-21(19,20)11-14/h13-15,18H,2,6-11H2,1,3-5H3. The van der Waals surface area contributed by atoms with Crippen LogP contribution in [0.15, 0.2) is 12.3 Å². The van der Waals surface area contributed by atoms with Crippen LogP contribution in [0.1, 0.15) is 26.7 Å². The molecule has 3 unspecified atom stereocenters. The zero-order valence-corrected chi connectivity index (χ0v) is 14.6. The van der Waals surface area contributed by atoms with E-state index in [4.69, 9.17) is 0 Å². The molecule has 124 valence electrons. The van der Waals surface area contributed by atoms with Crippen molar-refractivity contribution in [3.8, 4) is 0 Å². The SMILES string of the molecule is C=C(C1CCCS(=O)(=O)C1)N(C)C(C)C(O)CN(C)CC. The molecule has 5 nitrogen and oxygen atoms in total. The highest BCUT2D eigenvalue weighted by Gasteiger charge is 2.30. The monoisotopic (exact) mass is 318 g/mol. The van der Waals surface area contributed by atoms with E-state index in [0.717, 1.165) is 18.7 Å². The van der Waals surface area contributed by atoms with Crippen LogP contribution in [0.2, 0.25) is 0 Å². The third-order valence-electron chi connectivity index (χ3n) is 4.59. The van der Waals surface area contributed by atoms with E-state index >= 15 is 0 Å². The first kappa shape index (κ1) is 18.5. The molecule has 1 aliphatic heterocycles. The van der Waals surface area contributed by atoms with E-state index in [1.807, 2.05) is 32.8 Å². The molecule has 0 aromatic carbocycles. The first-order valence-electron chi connectivity index (χ1n) is 7.66. The van der Waals surface area contributed by atoms with E-state index < -0.39 is 15.9 Å². The van der Waals surface area contributed by atoms with Crippen LogP contribution in [-0.2, 0) is 9.84 Å². The van der Waals surface area contributed by atoms with Gasteiger partial charge in [0.25, 0.3) is 0 Å². The Bertz CT molecular complexity index is 450. The van der Waals surface area contributed by atoms with Crippen LogP contribution in [0.5, 0.6) is 0 Å². The van der Waals surface area contributed by atoms with Gasteiger partial charge in [0.05, 0.1) is 23.7 Å². The summed E-state index contributed by atoms with van der Waals surface area (Å²) in [5, 5.41) is 10.3. The Morgan fingerprint density at radius 3 is 2.57 bits per heavy atom. The maximum atomic E-state index is 11.8. The van der Waals surface area contributed by atoms with Crippen molar-refractivity contribution in [2.45, 2.75) is 38.8 Å².